The van der Waals surface area contributed by atoms with E-state index >= 15 is 0 Å². The Balaban J connectivity index is 2.15. The van der Waals surface area contributed by atoms with Crippen LogP contribution in [0.5, 0.6) is 0 Å². The van der Waals surface area contributed by atoms with Crippen LogP contribution in [0.1, 0.15) is 57.8 Å². The fraction of sp³-hybridized carbons (Fsp3) is 0.667. The van der Waals surface area contributed by atoms with Crippen molar-refractivity contribution in [2.24, 2.45) is 5.41 Å². The molecule has 1 aromatic rings. The maximum atomic E-state index is 6.31. The lowest BCUT2D eigenvalue weighted by Crippen LogP contribution is -2.37. The first kappa shape index (κ1) is 15.5. The van der Waals surface area contributed by atoms with E-state index < -0.39 is 0 Å². The van der Waals surface area contributed by atoms with Crippen molar-refractivity contribution in [3.05, 3.63) is 35.4 Å². The molecule has 2 unspecified atom stereocenters. The number of nitrogens with one attached hydrogen (secondary N) is 1. The third kappa shape index (κ3) is 3.24. The van der Waals surface area contributed by atoms with Gasteiger partial charge in [0.1, 0.15) is 0 Å². The SMILES string of the molecule is CCc1ccc(C2OCC(CC)(CC)CNC2C)cc1. The monoisotopic (exact) mass is 275 g/mol. The Hall–Kier alpha value is -0.860. The van der Waals surface area contributed by atoms with Crippen molar-refractivity contribution in [1.29, 1.82) is 0 Å². The molecule has 2 nitrogen and oxygen atoms in total. The van der Waals surface area contributed by atoms with Crippen molar-refractivity contribution in [3.63, 3.8) is 0 Å². The maximum Gasteiger partial charge on any atom is 0.0975 e. The lowest BCUT2D eigenvalue weighted by Gasteiger charge is -2.29. The van der Waals surface area contributed by atoms with Gasteiger partial charge in [-0.15, -0.1) is 0 Å². The number of benzene rings is 1. The first-order chi connectivity index (χ1) is 9.64. The second-order valence-electron chi connectivity index (χ2n) is 6.20. The molecule has 0 spiro atoms. The second kappa shape index (κ2) is 6.73. The van der Waals surface area contributed by atoms with Gasteiger partial charge >= 0.3 is 0 Å². The van der Waals surface area contributed by atoms with Gasteiger partial charge in [-0.2, -0.15) is 0 Å². The predicted molar refractivity (Wildman–Crippen MR) is 85.0 cm³/mol. The summed E-state index contributed by atoms with van der Waals surface area (Å²) in [6.07, 6.45) is 3.60. The fourth-order valence-electron chi connectivity index (χ4n) is 2.98. The molecule has 0 aromatic heterocycles. The van der Waals surface area contributed by atoms with Gasteiger partial charge in [0, 0.05) is 18.0 Å². The Morgan fingerprint density at radius 3 is 2.35 bits per heavy atom. The molecule has 1 fully saturated rings. The number of rotatable bonds is 4. The van der Waals surface area contributed by atoms with Crippen molar-refractivity contribution < 1.29 is 4.74 Å². The molecule has 0 amide bonds. The molecule has 1 heterocycles. The molecule has 2 atom stereocenters. The molecule has 1 aliphatic heterocycles. The Labute approximate surface area is 123 Å². The average molecular weight is 275 g/mol. The van der Waals surface area contributed by atoms with Crippen molar-refractivity contribution in [2.75, 3.05) is 13.2 Å². The molecule has 2 heteroatoms. The van der Waals surface area contributed by atoms with E-state index in [0.29, 0.717) is 11.5 Å². The van der Waals surface area contributed by atoms with Gasteiger partial charge in [0.15, 0.2) is 0 Å². The highest BCUT2D eigenvalue weighted by Gasteiger charge is 2.34. The smallest absolute Gasteiger partial charge is 0.0975 e. The Morgan fingerprint density at radius 2 is 1.80 bits per heavy atom. The summed E-state index contributed by atoms with van der Waals surface area (Å²) in [6.45, 7) is 10.9. The van der Waals surface area contributed by atoms with E-state index in [9.17, 15) is 0 Å². The summed E-state index contributed by atoms with van der Waals surface area (Å²) in [5.41, 5.74) is 2.98. The van der Waals surface area contributed by atoms with Gasteiger partial charge in [0.25, 0.3) is 0 Å². The zero-order valence-electron chi connectivity index (χ0n) is 13.4. The van der Waals surface area contributed by atoms with Gasteiger partial charge in [0.05, 0.1) is 12.7 Å². The summed E-state index contributed by atoms with van der Waals surface area (Å²) < 4.78 is 6.31. The van der Waals surface area contributed by atoms with E-state index in [4.69, 9.17) is 4.74 Å². The Kier molecular flexibility index (Phi) is 5.22. The van der Waals surface area contributed by atoms with Crippen LogP contribution in [-0.2, 0) is 11.2 Å². The van der Waals surface area contributed by atoms with Crippen molar-refractivity contribution in [3.8, 4) is 0 Å². The molecule has 0 aliphatic carbocycles. The highest BCUT2D eigenvalue weighted by atomic mass is 16.5. The fourth-order valence-corrected chi connectivity index (χ4v) is 2.98. The van der Waals surface area contributed by atoms with Gasteiger partial charge in [-0.05, 0) is 37.3 Å². The molecule has 0 radical (unpaired) electrons. The molecule has 1 aromatic carbocycles. The van der Waals surface area contributed by atoms with Crippen LogP contribution >= 0.6 is 0 Å². The van der Waals surface area contributed by atoms with Gasteiger partial charge < -0.3 is 10.1 Å². The van der Waals surface area contributed by atoms with E-state index in [-0.39, 0.29) is 6.10 Å². The molecule has 1 saturated heterocycles. The molecule has 2 rings (SSSR count). The van der Waals surface area contributed by atoms with Crippen LogP contribution in [-0.4, -0.2) is 19.2 Å². The molecule has 20 heavy (non-hydrogen) atoms. The number of hydrogen-bond acceptors (Lipinski definition) is 2. The van der Waals surface area contributed by atoms with E-state index in [1.165, 1.54) is 24.0 Å². The summed E-state index contributed by atoms with van der Waals surface area (Å²) in [7, 11) is 0. The maximum absolute atomic E-state index is 6.31. The van der Waals surface area contributed by atoms with E-state index in [2.05, 4.69) is 57.3 Å². The summed E-state index contributed by atoms with van der Waals surface area (Å²) in [4.78, 5) is 0. The lowest BCUT2D eigenvalue weighted by atomic mass is 9.83. The van der Waals surface area contributed by atoms with Gasteiger partial charge in [-0.3, -0.25) is 0 Å². The van der Waals surface area contributed by atoms with Crippen LogP contribution < -0.4 is 5.32 Å². The Morgan fingerprint density at radius 1 is 1.15 bits per heavy atom. The second-order valence-corrected chi connectivity index (χ2v) is 6.20. The number of hydrogen-bond donors (Lipinski definition) is 1. The van der Waals surface area contributed by atoms with Crippen LogP contribution in [0, 0.1) is 5.41 Å². The minimum Gasteiger partial charge on any atom is -0.371 e. The highest BCUT2D eigenvalue weighted by molar-refractivity contribution is 5.25. The minimum absolute atomic E-state index is 0.167. The lowest BCUT2D eigenvalue weighted by molar-refractivity contribution is -0.000547. The van der Waals surface area contributed by atoms with Crippen LogP contribution in [0.15, 0.2) is 24.3 Å². The predicted octanol–water partition coefficient (Wildman–Crippen LogP) is 4.10. The van der Waals surface area contributed by atoms with Crippen molar-refractivity contribution in [1.82, 2.24) is 5.32 Å². The van der Waals surface area contributed by atoms with Crippen LogP contribution in [0.25, 0.3) is 0 Å². The quantitative estimate of drug-likeness (QED) is 0.893. The summed E-state index contributed by atoms with van der Waals surface area (Å²) >= 11 is 0. The van der Waals surface area contributed by atoms with Gasteiger partial charge in [-0.1, -0.05) is 45.0 Å². The average Bonchev–Trinajstić information content (AvgIpc) is 2.67. The summed E-state index contributed by atoms with van der Waals surface area (Å²) in [6, 6.07) is 9.27. The van der Waals surface area contributed by atoms with Gasteiger partial charge in [-0.25, -0.2) is 0 Å². The van der Waals surface area contributed by atoms with Gasteiger partial charge in [0.2, 0.25) is 0 Å². The summed E-state index contributed by atoms with van der Waals surface area (Å²) in [5, 5.41) is 3.69. The van der Waals surface area contributed by atoms with Crippen molar-refractivity contribution >= 4 is 0 Å². The first-order valence-electron chi connectivity index (χ1n) is 8.08. The Bertz CT molecular complexity index is 408. The largest absolute Gasteiger partial charge is 0.371 e. The third-order valence-electron chi connectivity index (χ3n) is 5.04. The zero-order valence-corrected chi connectivity index (χ0v) is 13.4. The van der Waals surface area contributed by atoms with Crippen molar-refractivity contribution in [2.45, 2.75) is 59.1 Å². The molecular formula is C18H29NO. The molecule has 0 saturated carbocycles. The molecule has 112 valence electrons. The molecule has 1 N–H and O–H groups in total. The normalized spacial score (nSPS) is 26.2. The first-order valence-corrected chi connectivity index (χ1v) is 8.08. The number of ether oxygens (including phenoxy) is 1. The van der Waals surface area contributed by atoms with Crippen LogP contribution in [0.4, 0.5) is 0 Å². The summed E-state index contributed by atoms with van der Waals surface area (Å²) in [5.74, 6) is 0. The van der Waals surface area contributed by atoms with E-state index in [1.54, 1.807) is 0 Å². The highest BCUT2D eigenvalue weighted by Crippen LogP contribution is 2.33. The molecule has 0 bridgehead atoms. The number of aryl methyl sites for hydroxylation is 1. The van der Waals surface area contributed by atoms with Crippen LogP contribution in [0.2, 0.25) is 0 Å². The molecule has 1 aliphatic rings. The zero-order chi connectivity index (χ0) is 14.6. The standard InChI is InChI=1S/C18H29NO/c1-5-15-8-10-16(11-9-15)17-14(4)19-12-18(6-2,7-3)13-20-17/h8-11,14,17,19H,5-7,12-13H2,1-4H3. The molecular weight excluding hydrogens is 246 g/mol. The van der Waals surface area contributed by atoms with Crippen LogP contribution in [0.3, 0.4) is 0 Å². The van der Waals surface area contributed by atoms with E-state index in [0.717, 1.165) is 19.6 Å². The minimum atomic E-state index is 0.167. The van der Waals surface area contributed by atoms with E-state index in [1.807, 2.05) is 0 Å². The third-order valence-corrected chi connectivity index (χ3v) is 5.04. The topological polar surface area (TPSA) is 21.3 Å².